The third-order valence-electron chi connectivity index (χ3n) is 10.5. The number of amides is 1. The third-order valence-corrected chi connectivity index (χ3v) is 18.9. The number of anilines is 2. The molecular formula is C33H48FN9O10P2S2Si. The molecule has 6 rings (SSSR count). The second-order valence-corrected chi connectivity index (χ2v) is 26.6. The van der Waals surface area contributed by atoms with Crippen LogP contribution in [0.3, 0.4) is 0 Å². The summed E-state index contributed by atoms with van der Waals surface area (Å²) in [6.45, 7) is 4.97. The van der Waals surface area contributed by atoms with Gasteiger partial charge in [-0.1, -0.05) is 46.9 Å². The van der Waals surface area contributed by atoms with Crippen molar-refractivity contribution in [3.8, 4) is 6.07 Å². The van der Waals surface area contributed by atoms with Gasteiger partial charge in [0.2, 0.25) is 11.9 Å². The van der Waals surface area contributed by atoms with Crippen LogP contribution in [0.2, 0.25) is 18.1 Å². The molecule has 1 saturated carbocycles. The van der Waals surface area contributed by atoms with Crippen molar-refractivity contribution in [2.75, 3.05) is 30.5 Å². The average molecular weight is 904 g/mol. The second-order valence-electron chi connectivity index (χ2n) is 16.0. The summed E-state index contributed by atoms with van der Waals surface area (Å²) in [6.07, 6.45) is -1.01. The zero-order chi connectivity index (χ0) is 42.2. The summed E-state index contributed by atoms with van der Waals surface area (Å²) < 4.78 is 75.0. The molecular weight excluding hydrogens is 856 g/mol. The van der Waals surface area contributed by atoms with Crippen LogP contribution in [0.25, 0.3) is 11.2 Å². The molecule has 3 aromatic rings. The largest absolute Gasteiger partial charge is 0.408 e. The highest BCUT2D eigenvalue weighted by Crippen LogP contribution is 2.60. The molecule has 2 bridgehead atoms. The molecule has 5 heterocycles. The summed E-state index contributed by atoms with van der Waals surface area (Å²) in [6, 6.07) is 1.63. The number of aromatic nitrogens is 6. The SMILES string of the molecule is CC(C)C(=O)Nc1nc2c(ncn2[C@@H]2O[C@@H]3CO[P@@](=O)(S)O[C@H]4C[C@H](Nc5ncncc5F)C[C@@H]4CO[P@](=S)(OCCC#N)O[C@@H]2[C@@H]3O[Si](C)(C)C(C)(C)C)c(=O)[nH]1. The third kappa shape index (κ3) is 10.2. The summed E-state index contributed by atoms with van der Waals surface area (Å²) >= 11 is 10.4. The molecule has 3 aromatic heterocycles. The fourth-order valence-corrected chi connectivity index (χ4v) is 11.4. The second kappa shape index (κ2) is 17.7. The normalized spacial score (nSPS) is 30.9. The number of nitrogens with zero attached hydrogens (tertiary/aromatic N) is 6. The molecule has 0 aromatic carbocycles. The van der Waals surface area contributed by atoms with Crippen LogP contribution < -0.4 is 16.2 Å². The maximum Gasteiger partial charge on any atom is 0.386 e. The van der Waals surface area contributed by atoms with Crippen LogP contribution in [-0.4, -0.2) is 94.0 Å². The van der Waals surface area contributed by atoms with E-state index in [4.69, 9.17) is 43.6 Å². The minimum atomic E-state index is -4.15. The fourth-order valence-electron chi connectivity index (χ4n) is 6.40. The predicted molar refractivity (Wildman–Crippen MR) is 218 cm³/mol. The van der Waals surface area contributed by atoms with Crippen molar-refractivity contribution in [1.29, 1.82) is 5.26 Å². The van der Waals surface area contributed by atoms with Crippen molar-refractivity contribution in [1.82, 2.24) is 29.5 Å². The predicted octanol–water partition coefficient (Wildman–Crippen LogP) is 5.83. The minimum Gasteiger partial charge on any atom is -0.408 e. The first kappa shape index (κ1) is 44.8. The number of fused-ring (bicyclic) bond motifs is 4. The smallest absolute Gasteiger partial charge is 0.386 e. The maximum absolute atomic E-state index is 14.5. The van der Waals surface area contributed by atoms with E-state index in [-0.39, 0.29) is 66.5 Å². The highest BCUT2D eigenvalue weighted by Gasteiger charge is 2.55. The molecule has 2 aliphatic heterocycles. The molecule has 25 heteroatoms. The summed E-state index contributed by atoms with van der Waals surface area (Å²) in [5, 5.41) is 14.8. The monoisotopic (exact) mass is 903 g/mol. The van der Waals surface area contributed by atoms with Crippen LogP contribution in [0.15, 0.2) is 23.6 Å². The molecule has 9 atom stereocenters. The highest BCUT2D eigenvalue weighted by atomic mass is 32.7. The van der Waals surface area contributed by atoms with Gasteiger partial charge >= 0.3 is 13.5 Å². The number of thiol groups is 1. The lowest BCUT2D eigenvalue weighted by Crippen LogP contribution is -2.50. The van der Waals surface area contributed by atoms with Crippen LogP contribution in [0.1, 0.15) is 60.1 Å². The average Bonchev–Trinajstić information content (AvgIpc) is 3.82. The molecule has 318 valence electrons. The van der Waals surface area contributed by atoms with Gasteiger partial charge in [-0.3, -0.25) is 38.0 Å². The van der Waals surface area contributed by atoms with Crippen molar-refractivity contribution < 1.29 is 45.5 Å². The van der Waals surface area contributed by atoms with Gasteiger partial charge in [0.05, 0.1) is 50.9 Å². The number of hydrogen-bond donors (Lipinski definition) is 4. The van der Waals surface area contributed by atoms with Crippen molar-refractivity contribution in [3.05, 3.63) is 35.0 Å². The number of imidazole rings is 1. The first-order valence-electron chi connectivity index (χ1n) is 18.6. The lowest BCUT2D eigenvalue weighted by atomic mass is 10.1. The molecule has 3 N–H and O–H groups in total. The molecule has 0 spiro atoms. The zero-order valence-electron chi connectivity index (χ0n) is 33.0. The van der Waals surface area contributed by atoms with Gasteiger partial charge in [0.1, 0.15) is 24.6 Å². The molecule has 0 unspecified atom stereocenters. The van der Waals surface area contributed by atoms with Crippen molar-refractivity contribution >= 4 is 74.7 Å². The van der Waals surface area contributed by atoms with Crippen LogP contribution >= 0.6 is 25.8 Å². The summed E-state index contributed by atoms with van der Waals surface area (Å²) in [7, 11) is -2.69. The number of H-pyrrole nitrogens is 1. The van der Waals surface area contributed by atoms with Gasteiger partial charge in [-0.2, -0.15) is 10.2 Å². The number of aromatic amines is 1. The van der Waals surface area contributed by atoms with Crippen LogP contribution in [-0.2, 0) is 52.9 Å². The van der Waals surface area contributed by atoms with Gasteiger partial charge < -0.3 is 23.5 Å². The number of carbonyl (C=O) groups is 1. The number of halogens is 1. The van der Waals surface area contributed by atoms with E-state index in [1.54, 1.807) is 13.8 Å². The highest BCUT2D eigenvalue weighted by molar-refractivity contribution is 8.44. The van der Waals surface area contributed by atoms with E-state index in [1.165, 1.54) is 17.2 Å². The zero-order valence-corrected chi connectivity index (χ0v) is 37.5. The Morgan fingerprint density at radius 2 is 1.98 bits per heavy atom. The van der Waals surface area contributed by atoms with E-state index in [9.17, 15) is 23.8 Å². The Hall–Kier alpha value is -2.71. The maximum atomic E-state index is 14.5. The number of nitrogens with one attached hydrogen (secondary N) is 3. The van der Waals surface area contributed by atoms with Crippen LogP contribution in [0.5, 0.6) is 0 Å². The van der Waals surface area contributed by atoms with E-state index in [0.717, 1.165) is 6.20 Å². The number of rotatable bonds is 10. The Balaban J connectivity index is 1.42. The van der Waals surface area contributed by atoms with Gasteiger partial charge in [0.15, 0.2) is 37.3 Å². The number of hydrogen-bond acceptors (Lipinski definition) is 17. The molecule has 19 nitrogen and oxygen atoms in total. The Bertz CT molecular complexity index is 2190. The van der Waals surface area contributed by atoms with Gasteiger partial charge in [0, 0.05) is 17.9 Å². The topological polar surface area (TPSA) is 236 Å². The fraction of sp³-hybridized carbons (Fsp3) is 0.667. The van der Waals surface area contributed by atoms with Crippen molar-refractivity contribution in [3.63, 3.8) is 0 Å². The molecule has 3 fully saturated rings. The lowest BCUT2D eigenvalue weighted by molar-refractivity contribution is -0.118. The first-order chi connectivity index (χ1) is 27.2. The van der Waals surface area contributed by atoms with Gasteiger partial charge in [0.25, 0.3) is 5.56 Å². The summed E-state index contributed by atoms with van der Waals surface area (Å²) in [5.74, 6) is -2.09. The minimum absolute atomic E-state index is 0.0150. The number of ether oxygens (including phenoxy) is 1. The Kier molecular flexibility index (Phi) is 13.7. The Morgan fingerprint density at radius 3 is 2.67 bits per heavy atom. The molecule has 2 saturated heterocycles. The lowest BCUT2D eigenvalue weighted by Gasteiger charge is -2.41. The van der Waals surface area contributed by atoms with Crippen LogP contribution in [0.4, 0.5) is 16.2 Å². The standard InChI is InChI=1S/C33H48FN9O10P2S2Si/c1-18(2)29(44)41-32-40-28-24(30(45)42-32)38-17-43(28)31-26-25(53-58(6,7)33(3,4)5)23(50-31)15-48-54(46,56)51-22-12-20(39-27-21(34)13-36-16-37-27)11-19(22)14-49-55(57,52-26)47-10-8-9-35/h13,16-20,22-23,25-26,31H,8,10-12,14-15H2,1-7H3,(H,46,56)(H,36,37,39)(H2,40,41,42,44,45)/t19-,20-,22+,23-,25-,26-,31-,54-,55-/m1/s1. The van der Waals surface area contributed by atoms with Gasteiger partial charge in [-0.15, -0.1) is 0 Å². The van der Waals surface area contributed by atoms with Crippen molar-refractivity contribution in [2.45, 2.75) is 109 Å². The van der Waals surface area contributed by atoms with E-state index in [2.05, 4.69) is 68.6 Å². The van der Waals surface area contributed by atoms with Gasteiger partial charge in [-0.05, 0) is 42.8 Å². The number of carbonyl (C=O) groups excluding carboxylic acids is 1. The Morgan fingerprint density at radius 1 is 1.22 bits per heavy atom. The molecule has 1 amide bonds. The van der Waals surface area contributed by atoms with E-state index < -0.39 is 81.7 Å². The molecule has 1 aliphatic carbocycles. The first-order valence-corrected chi connectivity index (χ1v) is 26.8. The Labute approximate surface area is 345 Å². The number of nitriles is 1. The molecule has 3 aliphatic rings. The van der Waals surface area contributed by atoms with Crippen LogP contribution in [0, 0.1) is 29.0 Å². The quantitative estimate of drug-likeness (QED) is 0.0810. The molecule has 0 radical (unpaired) electrons. The van der Waals surface area contributed by atoms with E-state index in [0.29, 0.717) is 6.42 Å². The van der Waals surface area contributed by atoms with Gasteiger partial charge in [-0.25, -0.2) is 23.9 Å². The van der Waals surface area contributed by atoms with E-state index in [1.807, 2.05) is 19.2 Å². The molecule has 58 heavy (non-hydrogen) atoms. The summed E-state index contributed by atoms with van der Waals surface area (Å²) in [4.78, 5) is 44.9. The van der Waals surface area contributed by atoms with E-state index >= 15 is 0 Å². The summed E-state index contributed by atoms with van der Waals surface area (Å²) in [5.41, 5.74) is -0.657. The van der Waals surface area contributed by atoms with Crippen molar-refractivity contribution in [2.24, 2.45) is 11.8 Å².